The van der Waals surface area contributed by atoms with Gasteiger partial charge in [-0.3, -0.25) is 0 Å². The Bertz CT molecular complexity index is 191. The lowest BCUT2D eigenvalue weighted by Crippen LogP contribution is -2.29. The van der Waals surface area contributed by atoms with Crippen molar-refractivity contribution >= 4 is 0 Å². The van der Waals surface area contributed by atoms with Crippen LogP contribution in [-0.4, -0.2) is 13.1 Å². The summed E-state index contributed by atoms with van der Waals surface area (Å²) in [6, 6.07) is 0. The van der Waals surface area contributed by atoms with Crippen molar-refractivity contribution < 1.29 is 0 Å². The highest BCUT2D eigenvalue weighted by molar-refractivity contribution is 5.28. The van der Waals surface area contributed by atoms with E-state index in [0.717, 1.165) is 13.1 Å². The van der Waals surface area contributed by atoms with Crippen LogP contribution in [0.4, 0.5) is 0 Å². The molecule has 0 atom stereocenters. The minimum absolute atomic E-state index is 1.00. The molecule has 0 aromatic carbocycles. The molecule has 0 fully saturated rings. The maximum absolute atomic E-state index is 3.35. The SMILES string of the molecule is C1=CC2=C(CCCN2)NC1. The van der Waals surface area contributed by atoms with Crippen molar-refractivity contribution in [3.8, 4) is 0 Å². The van der Waals surface area contributed by atoms with Gasteiger partial charge in [0, 0.05) is 18.8 Å². The van der Waals surface area contributed by atoms with Gasteiger partial charge in [-0.1, -0.05) is 6.08 Å². The van der Waals surface area contributed by atoms with Crippen LogP contribution in [-0.2, 0) is 0 Å². The van der Waals surface area contributed by atoms with Gasteiger partial charge < -0.3 is 10.6 Å². The van der Waals surface area contributed by atoms with Gasteiger partial charge in [0.05, 0.1) is 5.70 Å². The van der Waals surface area contributed by atoms with Gasteiger partial charge >= 0.3 is 0 Å². The molecule has 0 aromatic rings. The lowest BCUT2D eigenvalue weighted by Gasteiger charge is -2.23. The van der Waals surface area contributed by atoms with Gasteiger partial charge in [-0.25, -0.2) is 0 Å². The van der Waals surface area contributed by atoms with Gasteiger partial charge in [0.15, 0.2) is 0 Å². The maximum atomic E-state index is 3.35. The normalized spacial score (nSPS) is 23.2. The van der Waals surface area contributed by atoms with E-state index in [-0.39, 0.29) is 0 Å². The Morgan fingerprint density at radius 2 is 2.30 bits per heavy atom. The first-order valence-corrected chi connectivity index (χ1v) is 3.84. The zero-order chi connectivity index (χ0) is 6.81. The minimum atomic E-state index is 1.00. The van der Waals surface area contributed by atoms with E-state index >= 15 is 0 Å². The number of dihydropyridines is 1. The van der Waals surface area contributed by atoms with Crippen LogP contribution in [0.25, 0.3) is 0 Å². The molecule has 0 bridgehead atoms. The van der Waals surface area contributed by atoms with Crippen molar-refractivity contribution in [2.24, 2.45) is 0 Å². The number of allylic oxidation sites excluding steroid dienone is 2. The Balaban J connectivity index is 2.23. The second-order valence-electron chi connectivity index (χ2n) is 2.71. The predicted molar refractivity (Wildman–Crippen MR) is 41.4 cm³/mol. The molecule has 0 unspecified atom stereocenters. The molecule has 2 heteroatoms. The van der Waals surface area contributed by atoms with Crippen molar-refractivity contribution in [1.29, 1.82) is 0 Å². The Labute approximate surface area is 61.0 Å². The molecule has 2 aliphatic heterocycles. The van der Waals surface area contributed by atoms with Gasteiger partial charge in [-0.05, 0) is 18.9 Å². The molecule has 2 nitrogen and oxygen atoms in total. The van der Waals surface area contributed by atoms with E-state index in [1.807, 2.05) is 0 Å². The first-order valence-electron chi connectivity index (χ1n) is 3.84. The van der Waals surface area contributed by atoms with Crippen molar-refractivity contribution in [1.82, 2.24) is 10.6 Å². The van der Waals surface area contributed by atoms with Crippen LogP contribution in [0.1, 0.15) is 12.8 Å². The highest BCUT2D eigenvalue weighted by Crippen LogP contribution is 2.14. The highest BCUT2D eigenvalue weighted by atomic mass is 15.0. The zero-order valence-corrected chi connectivity index (χ0v) is 5.98. The van der Waals surface area contributed by atoms with Crippen LogP contribution in [0.15, 0.2) is 23.5 Å². The highest BCUT2D eigenvalue weighted by Gasteiger charge is 2.10. The predicted octanol–water partition coefficient (Wildman–Crippen LogP) is 0.741. The molecule has 2 N–H and O–H groups in total. The lowest BCUT2D eigenvalue weighted by molar-refractivity contribution is 0.623. The van der Waals surface area contributed by atoms with Crippen molar-refractivity contribution in [3.63, 3.8) is 0 Å². The average molecular weight is 136 g/mol. The van der Waals surface area contributed by atoms with Crippen LogP contribution in [0, 0.1) is 0 Å². The van der Waals surface area contributed by atoms with E-state index in [9.17, 15) is 0 Å². The summed E-state index contributed by atoms with van der Waals surface area (Å²) in [6.45, 7) is 2.13. The molecular weight excluding hydrogens is 124 g/mol. The van der Waals surface area contributed by atoms with Crippen LogP contribution >= 0.6 is 0 Å². The summed E-state index contributed by atoms with van der Waals surface area (Å²) in [7, 11) is 0. The Morgan fingerprint density at radius 3 is 3.20 bits per heavy atom. The summed E-state index contributed by atoms with van der Waals surface area (Å²) in [6.07, 6.45) is 6.80. The standard InChI is InChI=1S/C8H12N2/c1-3-7-8(9-5-1)4-2-6-10-7/h1,3,9-10H,2,4-6H2. The number of hydrogen-bond acceptors (Lipinski definition) is 2. The smallest absolute Gasteiger partial charge is 0.0530 e. The molecule has 54 valence electrons. The first kappa shape index (κ1) is 5.83. The fourth-order valence-corrected chi connectivity index (χ4v) is 1.43. The van der Waals surface area contributed by atoms with Crippen LogP contribution < -0.4 is 10.6 Å². The molecule has 0 saturated carbocycles. The number of hydrogen-bond donors (Lipinski definition) is 2. The summed E-state index contributed by atoms with van der Waals surface area (Å²) >= 11 is 0. The lowest BCUT2D eigenvalue weighted by atomic mass is 10.1. The maximum Gasteiger partial charge on any atom is 0.0530 e. The zero-order valence-electron chi connectivity index (χ0n) is 5.98. The molecule has 2 rings (SSSR count). The number of nitrogens with one attached hydrogen (secondary N) is 2. The van der Waals surface area contributed by atoms with E-state index in [1.54, 1.807) is 0 Å². The van der Waals surface area contributed by atoms with Gasteiger partial charge in [0.25, 0.3) is 0 Å². The van der Waals surface area contributed by atoms with E-state index in [4.69, 9.17) is 0 Å². The molecule has 2 aliphatic rings. The molecule has 0 amide bonds. The molecule has 0 aliphatic carbocycles. The van der Waals surface area contributed by atoms with Gasteiger partial charge in [0.2, 0.25) is 0 Å². The molecule has 0 aromatic heterocycles. The summed E-state index contributed by atoms with van der Waals surface area (Å²) in [5.41, 5.74) is 2.70. The molecule has 0 spiro atoms. The van der Waals surface area contributed by atoms with E-state index in [2.05, 4.69) is 22.8 Å². The minimum Gasteiger partial charge on any atom is -0.384 e. The Kier molecular flexibility index (Phi) is 1.38. The topological polar surface area (TPSA) is 24.1 Å². The third kappa shape index (κ3) is 0.897. The van der Waals surface area contributed by atoms with Crippen molar-refractivity contribution in [2.75, 3.05) is 13.1 Å². The summed E-state index contributed by atoms with van der Waals surface area (Å²) in [5, 5.41) is 6.70. The van der Waals surface area contributed by atoms with E-state index < -0.39 is 0 Å². The fourth-order valence-electron chi connectivity index (χ4n) is 1.43. The molecule has 2 heterocycles. The monoisotopic (exact) mass is 136 g/mol. The molecule has 0 radical (unpaired) electrons. The Hall–Kier alpha value is -0.920. The van der Waals surface area contributed by atoms with E-state index in [0.29, 0.717) is 0 Å². The second kappa shape index (κ2) is 2.37. The number of rotatable bonds is 0. The summed E-state index contributed by atoms with van der Waals surface area (Å²) in [5.74, 6) is 0. The van der Waals surface area contributed by atoms with Crippen LogP contribution in [0.2, 0.25) is 0 Å². The molecule has 0 saturated heterocycles. The third-order valence-corrected chi connectivity index (χ3v) is 1.96. The molecular formula is C8H12N2. The van der Waals surface area contributed by atoms with Crippen molar-refractivity contribution in [2.45, 2.75) is 12.8 Å². The van der Waals surface area contributed by atoms with Crippen LogP contribution in [0.3, 0.4) is 0 Å². The Morgan fingerprint density at radius 1 is 1.30 bits per heavy atom. The van der Waals surface area contributed by atoms with Crippen molar-refractivity contribution in [3.05, 3.63) is 23.5 Å². The van der Waals surface area contributed by atoms with E-state index in [1.165, 1.54) is 24.2 Å². The fraction of sp³-hybridized carbons (Fsp3) is 0.500. The van der Waals surface area contributed by atoms with Crippen LogP contribution in [0.5, 0.6) is 0 Å². The second-order valence-corrected chi connectivity index (χ2v) is 2.71. The average Bonchev–Trinajstić information content (AvgIpc) is 2.05. The van der Waals surface area contributed by atoms with Gasteiger partial charge in [0.1, 0.15) is 0 Å². The first-order chi connectivity index (χ1) is 4.97. The third-order valence-electron chi connectivity index (χ3n) is 1.96. The van der Waals surface area contributed by atoms with Gasteiger partial charge in [-0.15, -0.1) is 0 Å². The summed E-state index contributed by atoms with van der Waals surface area (Å²) in [4.78, 5) is 0. The largest absolute Gasteiger partial charge is 0.384 e. The quantitative estimate of drug-likeness (QED) is 0.513. The molecule has 10 heavy (non-hydrogen) atoms. The summed E-state index contributed by atoms with van der Waals surface area (Å²) < 4.78 is 0. The van der Waals surface area contributed by atoms with Gasteiger partial charge in [-0.2, -0.15) is 0 Å².